The van der Waals surface area contributed by atoms with Gasteiger partial charge in [0.25, 0.3) is 0 Å². The first-order chi connectivity index (χ1) is 24.1. The van der Waals surface area contributed by atoms with Gasteiger partial charge in [-0.3, -0.25) is 9.78 Å². The van der Waals surface area contributed by atoms with Gasteiger partial charge in [0.1, 0.15) is 36.8 Å². The summed E-state index contributed by atoms with van der Waals surface area (Å²) in [5, 5.41) is 50.3. The van der Waals surface area contributed by atoms with Crippen LogP contribution in [0.1, 0.15) is 55.2 Å². The molecule has 50 heavy (non-hydrogen) atoms. The number of nitrogens with zero attached hydrogens (tertiary/aromatic N) is 2. The number of aliphatic hydroxyl groups excluding tert-OH is 5. The van der Waals surface area contributed by atoms with Gasteiger partial charge >= 0.3 is 0 Å². The molecule has 2 fully saturated rings. The van der Waals surface area contributed by atoms with Gasteiger partial charge < -0.3 is 44.6 Å². The third-order valence-corrected chi connectivity index (χ3v) is 9.91. The number of aliphatic hydroxyl groups is 5. The maximum atomic E-state index is 12.6. The van der Waals surface area contributed by atoms with E-state index in [9.17, 15) is 25.2 Å². The molecule has 1 aromatic heterocycles. The number of halogens is 2. The summed E-state index contributed by atoms with van der Waals surface area (Å²) in [6.07, 6.45) is 2.77. The quantitative estimate of drug-likeness (QED) is 0.107. The minimum absolute atomic E-state index is 0.234. The lowest BCUT2D eigenvalue weighted by Gasteiger charge is -2.30. The molecule has 0 radical (unpaired) electrons. The van der Waals surface area contributed by atoms with Crippen LogP contribution in [0.25, 0.3) is 11.1 Å². The zero-order valence-electron chi connectivity index (χ0n) is 28.1. The van der Waals surface area contributed by atoms with Crippen LogP contribution < -0.4 is 4.74 Å². The van der Waals surface area contributed by atoms with Crippen molar-refractivity contribution in [2.24, 2.45) is 0 Å². The van der Waals surface area contributed by atoms with Crippen LogP contribution in [0, 0.1) is 0 Å². The highest BCUT2D eigenvalue weighted by molar-refractivity contribution is 6.34. The average Bonchev–Trinajstić information content (AvgIpc) is 4.07. The fraction of sp³-hybridized carbons (Fsp3) is 0.514. The molecule has 13 heteroatoms. The number of pyridine rings is 1. The number of ether oxygens (including phenoxy) is 3. The number of carbonyl (C=O) groups excluding carboxylic acids is 1. The topological polar surface area (TPSA) is 162 Å². The van der Waals surface area contributed by atoms with E-state index in [1.54, 1.807) is 6.20 Å². The van der Waals surface area contributed by atoms with E-state index in [-0.39, 0.29) is 32.4 Å². The molecule has 5 rings (SSSR count). The van der Waals surface area contributed by atoms with Crippen LogP contribution in [-0.2, 0) is 32.9 Å². The highest BCUT2D eigenvalue weighted by Gasteiger charge is 2.48. The molecule has 2 aliphatic rings. The fourth-order valence-corrected chi connectivity index (χ4v) is 6.47. The molecule has 1 heterocycles. The molecule has 1 amide bonds. The van der Waals surface area contributed by atoms with Gasteiger partial charge in [-0.2, -0.15) is 0 Å². The van der Waals surface area contributed by atoms with Crippen LogP contribution in [0.5, 0.6) is 5.75 Å². The molecular weight excluding hydrogens is 687 g/mol. The predicted octanol–water partition coefficient (Wildman–Crippen LogP) is 4.04. The van der Waals surface area contributed by atoms with Gasteiger partial charge in [0.15, 0.2) is 0 Å². The highest BCUT2D eigenvalue weighted by atomic mass is 35.5. The molecule has 4 atom stereocenters. The number of para-hydroxylation sites is 1. The van der Waals surface area contributed by atoms with Crippen LogP contribution in [0.2, 0.25) is 10.0 Å². The molecule has 0 bridgehead atoms. The number of methoxy groups -OCH3 is 1. The third kappa shape index (κ3) is 9.73. The summed E-state index contributed by atoms with van der Waals surface area (Å²) in [5.74, 6) is 0.452. The van der Waals surface area contributed by atoms with E-state index < -0.39 is 42.5 Å². The molecule has 272 valence electrons. The van der Waals surface area contributed by atoms with Gasteiger partial charge in [-0.1, -0.05) is 41.4 Å². The average molecular weight is 734 g/mol. The van der Waals surface area contributed by atoms with Crippen molar-refractivity contribution < 1.29 is 44.5 Å². The van der Waals surface area contributed by atoms with Gasteiger partial charge in [-0.25, -0.2) is 0 Å². The normalized spacial score (nSPS) is 17.5. The molecule has 0 spiro atoms. The van der Waals surface area contributed by atoms with Crippen molar-refractivity contribution in [2.75, 3.05) is 33.4 Å². The Labute approximate surface area is 302 Å². The highest BCUT2D eigenvalue weighted by Crippen LogP contribution is 2.53. The Morgan fingerprint density at radius 2 is 1.68 bits per heavy atom. The maximum Gasteiger partial charge on any atom is 0.248 e. The van der Waals surface area contributed by atoms with Crippen molar-refractivity contribution >= 4 is 29.1 Å². The van der Waals surface area contributed by atoms with E-state index in [0.29, 0.717) is 29.3 Å². The van der Waals surface area contributed by atoms with E-state index in [2.05, 4.69) is 11.1 Å². The van der Waals surface area contributed by atoms with Crippen LogP contribution >= 0.6 is 23.2 Å². The Morgan fingerprint density at radius 1 is 0.980 bits per heavy atom. The van der Waals surface area contributed by atoms with E-state index in [1.807, 2.05) is 42.6 Å². The predicted molar refractivity (Wildman–Crippen MR) is 188 cm³/mol. The number of benzene rings is 2. The first-order valence-electron chi connectivity index (χ1n) is 17.0. The summed E-state index contributed by atoms with van der Waals surface area (Å²) in [6.45, 7) is -0.833. The smallest absolute Gasteiger partial charge is 0.248 e. The van der Waals surface area contributed by atoms with E-state index >= 15 is 0 Å². The van der Waals surface area contributed by atoms with Gasteiger partial charge in [-0.15, -0.1) is 0 Å². The summed E-state index contributed by atoms with van der Waals surface area (Å²) in [4.78, 5) is 18.4. The molecule has 2 aliphatic carbocycles. The van der Waals surface area contributed by atoms with E-state index in [1.165, 1.54) is 12.0 Å². The molecular formula is C37H46Cl2N2O9. The van der Waals surface area contributed by atoms with Gasteiger partial charge in [0.2, 0.25) is 5.91 Å². The number of aryl methyl sites for hydroxylation is 1. The Kier molecular flexibility index (Phi) is 13.5. The molecule has 11 nitrogen and oxygen atoms in total. The Hall–Kier alpha value is -2.84. The largest absolute Gasteiger partial charge is 0.490 e. The summed E-state index contributed by atoms with van der Waals surface area (Å²) in [6, 6.07) is 13.8. The second-order valence-electron chi connectivity index (χ2n) is 13.1. The Bertz CT molecular complexity index is 1590. The zero-order chi connectivity index (χ0) is 35.8. The van der Waals surface area contributed by atoms with Gasteiger partial charge in [-0.05, 0) is 85.9 Å². The fourth-order valence-electron chi connectivity index (χ4n) is 5.95. The summed E-state index contributed by atoms with van der Waals surface area (Å²) in [5.41, 5.74) is 4.21. The van der Waals surface area contributed by atoms with Crippen molar-refractivity contribution in [2.45, 2.75) is 87.7 Å². The second kappa shape index (κ2) is 17.6. The van der Waals surface area contributed by atoms with E-state index in [0.717, 1.165) is 59.3 Å². The summed E-state index contributed by atoms with van der Waals surface area (Å²) in [7, 11) is 1.37. The molecule has 2 aromatic carbocycles. The van der Waals surface area contributed by atoms with Crippen LogP contribution in [0.15, 0.2) is 54.9 Å². The number of aromatic nitrogens is 1. The second-order valence-corrected chi connectivity index (χ2v) is 13.9. The number of rotatable bonds is 20. The van der Waals surface area contributed by atoms with Crippen molar-refractivity contribution in [3.63, 3.8) is 0 Å². The van der Waals surface area contributed by atoms with Crippen molar-refractivity contribution in [3.05, 3.63) is 81.6 Å². The number of carbonyl (C=O) groups is 1. The first-order valence-corrected chi connectivity index (χ1v) is 17.7. The monoisotopic (exact) mass is 732 g/mol. The number of hydrogen-bond donors (Lipinski definition) is 5. The lowest BCUT2D eigenvalue weighted by atomic mass is 9.96. The van der Waals surface area contributed by atoms with Crippen LogP contribution in [-0.4, -0.2) is 105 Å². The number of unbranched alkanes of at least 4 members (excludes halogenated alkanes) is 1. The Balaban J connectivity index is 1.18. The lowest BCUT2D eigenvalue weighted by Crippen LogP contribution is -2.51. The van der Waals surface area contributed by atoms with E-state index in [4.69, 9.17) is 42.5 Å². The number of amides is 1. The van der Waals surface area contributed by atoms with Crippen LogP contribution in [0.3, 0.4) is 0 Å². The molecule has 0 aliphatic heterocycles. The van der Waals surface area contributed by atoms with Gasteiger partial charge in [0.05, 0.1) is 24.9 Å². The Morgan fingerprint density at radius 3 is 2.38 bits per heavy atom. The SMILES string of the molecule is COCC(=O)N(CCCCc1cc(Cl)c(COC2(c3cnccc3-c3ccccc3OC3CC3)CC2)cc1Cl)CC(O)C(O)C(O)C(O)CO. The van der Waals surface area contributed by atoms with Gasteiger partial charge in [0, 0.05) is 53.8 Å². The first kappa shape index (κ1) is 38.4. The minimum atomic E-state index is -1.79. The molecule has 5 N–H and O–H groups in total. The molecule has 0 saturated heterocycles. The van der Waals surface area contributed by atoms with Crippen molar-refractivity contribution in [1.82, 2.24) is 9.88 Å². The number of hydrogen-bond acceptors (Lipinski definition) is 10. The third-order valence-electron chi connectivity index (χ3n) is 9.21. The molecule has 2 saturated carbocycles. The maximum absolute atomic E-state index is 12.6. The minimum Gasteiger partial charge on any atom is -0.490 e. The lowest BCUT2D eigenvalue weighted by molar-refractivity contribution is -0.143. The standard InChI is InChI=1S/C37H46Cl2N2O9/c1-48-22-34(45)41(19-31(43)35(46)36(47)32(44)20-42)15-5-4-6-23-16-30(39)24(17-29(23)38)21-49-37(12-13-37)28-18-40-14-11-26(28)27-7-2-3-8-33(27)50-25-9-10-25/h2-3,7-8,11,14,16-18,25,31-32,35-36,42-44,46-47H,4-6,9-10,12-13,15,19-22H2,1H3. The summed E-state index contributed by atoms with van der Waals surface area (Å²) < 4.78 is 17.8. The molecule has 4 unspecified atom stereocenters. The summed E-state index contributed by atoms with van der Waals surface area (Å²) >= 11 is 13.5. The van der Waals surface area contributed by atoms with Crippen LogP contribution in [0.4, 0.5) is 0 Å². The van der Waals surface area contributed by atoms with Crippen molar-refractivity contribution in [3.8, 4) is 16.9 Å². The van der Waals surface area contributed by atoms with Crippen molar-refractivity contribution in [1.29, 1.82) is 0 Å². The zero-order valence-corrected chi connectivity index (χ0v) is 29.6. The molecule has 3 aromatic rings.